The molecule has 0 saturated carbocycles. The molecule has 5 nitrogen and oxygen atoms in total. The van der Waals surface area contributed by atoms with Gasteiger partial charge in [-0.3, -0.25) is 14.6 Å². The standard InChI is InChI=1S/C14H18N2O3/c1-2-19-14(18)7-5-11-16-13(17)9-8-12-6-3-4-10-15-12/h3-4,6,8-10H,2,5,7,11H2,1H3,(H,16,17)/b9-8+. The molecule has 5 heteroatoms. The molecule has 0 aliphatic carbocycles. The van der Waals surface area contributed by atoms with Crippen LogP contribution in [0.25, 0.3) is 6.08 Å². The number of pyridine rings is 1. The maximum atomic E-state index is 11.4. The Morgan fingerprint density at radius 1 is 1.42 bits per heavy atom. The van der Waals surface area contributed by atoms with Gasteiger partial charge in [0.1, 0.15) is 0 Å². The minimum absolute atomic E-state index is 0.200. The van der Waals surface area contributed by atoms with Gasteiger partial charge in [0.15, 0.2) is 0 Å². The first kappa shape index (κ1) is 14.9. The van der Waals surface area contributed by atoms with Crippen LogP contribution in [0.15, 0.2) is 30.5 Å². The van der Waals surface area contributed by atoms with Crippen molar-refractivity contribution < 1.29 is 14.3 Å². The van der Waals surface area contributed by atoms with Gasteiger partial charge in [-0.05, 0) is 31.6 Å². The summed E-state index contributed by atoms with van der Waals surface area (Å²) in [6, 6.07) is 5.47. The molecule has 0 saturated heterocycles. The third-order valence-electron chi connectivity index (χ3n) is 2.26. The van der Waals surface area contributed by atoms with Crippen LogP contribution in [0, 0.1) is 0 Å². The molecule has 0 fully saturated rings. The molecule has 0 spiro atoms. The van der Waals surface area contributed by atoms with Crippen LogP contribution < -0.4 is 5.32 Å². The molecule has 1 rings (SSSR count). The summed E-state index contributed by atoms with van der Waals surface area (Å²) in [6.45, 7) is 2.60. The van der Waals surface area contributed by atoms with E-state index in [9.17, 15) is 9.59 Å². The average molecular weight is 262 g/mol. The van der Waals surface area contributed by atoms with E-state index in [-0.39, 0.29) is 11.9 Å². The van der Waals surface area contributed by atoms with Crippen LogP contribution in [0.3, 0.4) is 0 Å². The van der Waals surface area contributed by atoms with Crippen molar-refractivity contribution in [3.63, 3.8) is 0 Å². The zero-order chi connectivity index (χ0) is 13.9. The molecule has 102 valence electrons. The van der Waals surface area contributed by atoms with Crippen LogP contribution in [0.1, 0.15) is 25.5 Å². The number of carbonyl (C=O) groups excluding carboxylic acids is 2. The molecular weight excluding hydrogens is 244 g/mol. The van der Waals surface area contributed by atoms with Gasteiger partial charge in [0.05, 0.1) is 12.3 Å². The largest absolute Gasteiger partial charge is 0.466 e. The molecule has 0 bridgehead atoms. The fourth-order valence-corrected chi connectivity index (χ4v) is 1.37. The van der Waals surface area contributed by atoms with Gasteiger partial charge in [-0.2, -0.15) is 0 Å². The van der Waals surface area contributed by atoms with E-state index in [1.807, 2.05) is 18.2 Å². The summed E-state index contributed by atoms with van der Waals surface area (Å²) < 4.78 is 4.78. The number of nitrogens with one attached hydrogen (secondary N) is 1. The summed E-state index contributed by atoms with van der Waals surface area (Å²) in [5.41, 5.74) is 0.726. The highest BCUT2D eigenvalue weighted by atomic mass is 16.5. The zero-order valence-electron chi connectivity index (χ0n) is 11.0. The van der Waals surface area contributed by atoms with Gasteiger partial charge >= 0.3 is 5.97 Å². The first-order valence-corrected chi connectivity index (χ1v) is 6.25. The van der Waals surface area contributed by atoms with Crippen molar-refractivity contribution in [2.24, 2.45) is 0 Å². The van der Waals surface area contributed by atoms with Crippen LogP contribution in [-0.4, -0.2) is 30.0 Å². The SMILES string of the molecule is CCOC(=O)CCCNC(=O)/C=C/c1ccccn1. The van der Waals surface area contributed by atoms with E-state index in [1.165, 1.54) is 6.08 Å². The Bertz CT molecular complexity index is 430. The molecule has 1 N–H and O–H groups in total. The minimum Gasteiger partial charge on any atom is -0.466 e. The van der Waals surface area contributed by atoms with E-state index in [2.05, 4.69) is 10.3 Å². The summed E-state index contributed by atoms with van der Waals surface area (Å²) in [5.74, 6) is -0.435. The quantitative estimate of drug-likeness (QED) is 0.460. The highest BCUT2D eigenvalue weighted by molar-refractivity contribution is 5.91. The topological polar surface area (TPSA) is 68.3 Å². The lowest BCUT2D eigenvalue weighted by Gasteiger charge is -2.02. The number of amides is 1. The number of ether oxygens (including phenoxy) is 1. The molecule has 1 aromatic heterocycles. The number of esters is 1. The fourth-order valence-electron chi connectivity index (χ4n) is 1.37. The number of hydrogen-bond acceptors (Lipinski definition) is 4. The third-order valence-corrected chi connectivity index (χ3v) is 2.26. The van der Waals surface area contributed by atoms with E-state index in [0.717, 1.165) is 5.69 Å². The summed E-state index contributed by atoms with van der Waals surface area (Å²) in [4.78, 5) is 26.5. The number of aromatic nitrogens is 1. The Kier molecular flexibility index (Phi) is 6.94. The fraction of sp³-hybridized carbons (Fsp3) is 0.357. The molecule has 0 unspecified atom stereocenters. The van der Waals surface area contributed by atoms with Crippen molar-refractivity contribution in [1.82, 2.24) is 10.3 Å². The van der Waals surface area contributed by atoms with Crippen LogP contribution >= 0.6 is 0 Å². The second-order valence-corrected chi connectivity index (χ2v) is 3.79. The molecule has 0 aliphatic heterocycles. The first-order valence-electron chi connectivity index (χ1n) is 6.25. The Morgan fingerprint density at radius 3 is 2.95 bits per heavy atom. The molecule has 1 heterocycles. The predicted octanol–water partition coefficient (Wildman–Crippen LogP) is 1.55. The Balaban J connectivity index is 2.18. The van der Waals surface area contributed by atoms with Crippen LogP contribution in [-0.2, 0) is 14.3 Å². The van der Waals surface area contributed by atoms with Crippen LogP contribution in [0.2, 0.25) is 0 Å². The first-order chi connectivity index (χ1) is 9.22. The lowest BCUT2D eigenvalue weighted by Crippen LogP contribution is -2.22. The predicted molar refractivity (Wildman–Crippen MR) is 72.1 cm³/mol. The summed E-state index contributed by atoms with van der Waals surface area (Å²) in [7, 11) is 0. The van der Waals surface area contributed by atoms with Crippen molar-refractivity contribution in [2.75, 3.05) is 13.2 Å². The molecule has 0 aromatic carbocycles. The van der Waals surface area contributed by atoms with Crippen molar-refractivity contribution >= 4 is 18.0 Å². The number of rotatable bonds is 7. The van der Waals surface area contributed by atoms with Crippen molar-refractivity contribution in [3.8, 4) is 0 Å². The van der Waals surface area contributed by atoms with Gasteiger partial charge in [-0.1, -0.05) is 6.07 Å². The molecule has 0 atom stereocenters. The Hall–Kier alpha value is -2.17. The van der Waals surface area contributed by atoms with Gasteiger partial charge in [0, 0.05) is 25.2 Å². The second kappa shape index (κ2) is 8.85. The Labute approximate surface area is 112 Å². The molecule has 0 aliphatic rings. The Morgan fingerprint density at radius 2 is 2.26 bits per heavy atom. The molecule has 0 radical (unpaired) electrons. The average Bonchev–Trinajstić information content (AvgIpc) is 2.43. The third kappa shape index (κ3) is 6.98. The van der Waals surface area contributed by atoms with Crippen molar-refractivity contribution in [2.45, 2.75) is 19.8 Å². The summed E-state index contributed by atoms with van der Waals surface area (Å²) >= 11 is 0. The highest BCUT2D eigenvalue weighted by Crippen LogP contribution is 1.96. The van der Waals surface area contributed by atoms with Crippen molar-refractivity contribution in [1.29, 1.82) is 0 Å². The van der Waals surface area contributed by atoms with E-state index >= 15 is 0 Å². The van der Waals surface area contributed by atoms with Gasteiger partial charge in [0.25, 0.3) is 0 Å². The van der Waals surface area contributed by atoms with Gasteiger partial charge < -0.3 is 10.1 Å². The summed E-state index contributed by atoms with van der Waals surface area (Å²) in [6.07, 6.45) is 5.62. The zero-order valence-corrected chi connectivity index (χ0v) is 11.0. The monoisotopic (exact) mass is 262 g/mol. The molecular formula is C14H18N2O3. The van der Waals surface area contributed by atoms with E-state index in [0.29, 0.717) is 26.0 Å². The van der Waals surface area contributed by atoms with Crippen LogP contribution in [0.5, 0.6) is 0 Å². The van der Waals surface area contributed by atoms with E-state index in [1.54, 1.807) is 19.2 Å². The summed E-state index contributed by atoms with van der Waals surface area (Å²) in [5, 5.41) is 2.69. The van der Waals surface area contributed by atoms with Crippen molar-refractivity contribution in [3.05, 3.63) is 36.2 Å². The molecule has 1 amide bonds. The van der Waals surface area contributed by atoms with Crippen LogP contribution in [0.4, 0.5) is 0 Å². The molecule has 1 aromatic rings. The number of hydrogen-bond donors (Lipinski definition) is 1. The van der Waals surface area contributed by atoms with E-state index in [4.69, 9.17) is 4.74 Å². The smallest absolute Gasteiger partial charge is 0.305 e. The lowest BCUT2D eigenvalue weighted by molar-refractivity contribution is -0.143. The van der Waals surface area contributed by atoms with E-state index < -0.39 is 0 Å². The van der Waals surface area contributed by atoms with Gasteiger partial charge in [-0.15, -0.1) is 0 Å². The van der Waals surface area contributed by atoms with Gasteiger partial charge in [-0.25, -0.2) is 0 Å². The second-order valence-electron chi connectivity index (χ2n) is 3.79. The maximum Gasteiger partial charge on any atom is 0.305 e. The maximum absolute atomic E-state index is 11.4. The van der Waals surface area contributed by atoms with Gasteiger partial charge in [0.2, 0.25) is 5.91 Å². The molecule has 19 heavy (non-hydrogen) atoms. The normalized spacial score (nSPS) is 10.4. The highest BCUT2D eigenvalue weighted by Gasteiger charge is 2.01. The lowest BCUT2D eigenvalue weighted by atomic mass is 10.3. The number of carbonyl (C=O) groups is 2. The minimum atomic E-state index is -0.235. The number of nitrogens with zero attached hydrogens (tertiary/aromatic N) is 1.